The maximum absolute atomic E-state index is 14.9. The molecule has 2 aliphatic heterocycles. The Morgan fingerprint density at radius 1 is 1.13 bits per heavy atom. The van der Waals surface area contributed by atoms with Gasteiger partial charge in [-0.1, -0.05) is 0 Å². The minimum atomic E-state index is -2.85. The minimum absolute atomic E-state index is 0.0315. The van der Waals surface area contributed by atoms with E-state index in [9.17, 15) is 31.5 Å². The van der Waals surface area contributed by atoms with Crippen molar-refractivity contribution >= 4 is 23.3 Å². The van der Waals surface area contributed by atoms with Crippen molar-refractivity contribution in [2.45, 2.75) is 49.9 Å². The van der Waals surface area contributed by atoms with E-state index >= 15 is 0 Å². The third-order valence-corrected chi connectivity index (χ3v) is 8.41. The molecule has 0 bridgehead atoms. The summed E-state index contributed by atoms with van der Waals surface area (Å²) in [6.45, 7) is -0.362. The van der Waals surface area contributed by atoms with Gasteiger partial charge in [-0.15, -0.1) is 0 Å². The number of fused-ring (bicyclic) bond motifs is 1. The quantitative estimate of drug-likeness (QED) is 0.356. The van der Waals surface area contributed by atoms with Gasteiger partial charge >= 0.3 is 6.09 Å². The number of carbonyl (C=O) groups excluding carboxylic acids is 2. The molecule has 3 aromatic rings. The van der Waals surface area contributed by atoms with Crippen molar-refractivity contribution in [2.24, 2.45) is 5.92 Å². The van der Waals surface area contributed by atoms with Crippen LogP contribution < -0.4 is 15.8 Å². The van der Waals surface area contributed by atoms with Crippen molar-refractivity contribution in [3.8, 4) is 17.1 Å². The highest BCUT2D eigenvalue weighted by Gasteiger charge is 2.57. The van der Waals surface area contributed by atoms with Crippen molar-refractivity contribution in [3.63, 3.8) is 0 Å². The second-order valence-electron chi connectivity index (χ2n) is 11.6. The van der Waals surface area contributed by atoms with Gasteiger partial charge in [-0.2, -0.15) is 5.10 Å². The van der Waals surface area contributed by atoms with Crippen LogP contribution >= 0.6 is 0 Å². The zero-order valence-electron chi connectivity index (χ0n) is 24.2. The molecule has 3 fully saturated rings. The second-order valence-corrected chi connectivity index (χ2v) is 11.6. The number of ether oxygens (including phenoxy) is 2. The Morgan fingerprint density at radius 3 is 2.56 bits per heavy atom. The number of likely N-dealkylation sites (tertiary alicyclic amines) is 2. The Morgan fingerprint density at radius 2 is 1.87 bits per heavy atom. The summed E-state index contributed by atoms with van der Waals surface area (Å²) < 4.78 is 80.3. The highest BCUT2D eigenvalue weighted by atomic mass is 19.3. The summed E-state index contributed by atoms with van der Waals surface area (Å²) in [5.74, 6) is -7.19. The van der Waals surface area contributed by atoms with E-state index in [0.717, 1.165) is 4.90 Å². The molecule has 5 heterocycles. The van der Waals surface area contributed by atoms with Crippen LogP contribution in [-0.4, -0.2) is 105 Å². The summed E-state index contributed by atoms with van der Waals surface area (Å²) in [4.78, 5) is 36.9. The molecule has 3 aliphatic rings. The van der Waals surface area contributed by atoms with Gasteiger partial charge in [0, 0.05) is 57.2 Å². The van der Waals surface area contributed by atoms with E-state index in [1.54, 1.807) is 6.07 Å². The van der Waals surface area contributed by atoms with Crippen molar-refractivity contribution in [2.75, 3.05) is 45.6 Å². The molecule has 3 atom stereocenters. The van der Waals surface area contributed by atoms with Gasteiger partial charge in [0.25, 0.3) is 17.8 Å². The number of alkyl halides is 5. The number of pyridine rings is 1. The maximum atomic E-state index is 14.9. The smallest absolute Gasteiger partial charge is 0.409 e. The van der Waals surface area contributed by atoms with Crippen LogP contribution in [0.5, 0.6) is 5.88 Å². The molecule has 242 valence electrons. The van der Waals surface area contributed by atoms with Gasteiger partial charge in [-0.25, -0.2) is 41.2 Å². The summed E-state index contributed by atoms with van der Waals surface area (Å²) in [6, 6.07) is 2.15. The average Bonchev–Trinajstić information content (AvgIpc) is 3.26. The van der Waals surface area contributed by atoms with Crippen molar-refractivity contribution in [1.29, 1.82) is 0 Å². The molecule has 12 nitrogen and oxygen atoms in total. The average molecular weight is 639 g/mol. The maximum Gasteiger partial charge on any atom is 0.409 e. The highest BCUT2D eigenvalue weighted by Crippen LogP contribution is 2.48. The summed E-state index contributed by atoms with van der Waals surface area (Å²) in [7, 11) is 1.31. The number of nitrogens with one attached hydrogen (secondary N) is 1. The first kappa shape index (κ1) is 30.7. The summed E-state index contributed by atoms with van der Waals surface area (Å²) in [5.41, 5.74) is 8.25. The van der Waals surface area contributed by atoms with Gasteiger partial charge in [0.1, 0.15) is 30.2 Å². The molecular formula is C28H31F5N8O4. The lowest BCUT2D eigenvalue weighted by molar-refractivity contribution is -0.0565. The molecule has 2 saturated heterocycles. The third kappa shape index (κ3) is 6.30. The largest absolute Gasteiger partial charge is 0.480 e. The molecule has 1 aliphatic carbocycles. The molecular weight excluding hydrogens is 607 g/mol. The van der Waals surface area contributed by atoms with E-state index in [1.165, 1.54) is 30.2 Å². The second kappa shape index (κ2) is 11.6. The van der Waals surface area contributed by atoms with E-state index in [1.807, 2.05) is 4.90 Å². The minimum Gasteiger partial charge on any atom is -0.480 e. The van der Waals surface area contributed by atoms with Crippen molar-refractivity contribution in [3.05, 3.63) is 35.8 Å². The molecule has 6 rings (SSSR count). The van der Waals surface area contributed by atoms with Gasteiger partial charge in [-0.3, -0.25) is 9.69 Å². The predicted molar refractivity (Wildman–Crippen MR) is 149 cm³/mol. The van der Waals surface area contributed by atoms with E-state index < -0.39 is 48.6 Å². The Kier molecular flexibility index (Phi) is 7.91. The van der Waals surface area contributed by atoms with E-state index in [-0.39, 0.29) is 62.7 Å². The number of anilines is 1. The van der Waals surface area contributed by atoms with E-state index in [4.69, 9.17) is 15.2 Å². The van der Waals surface area contributed by atoms with Gasteiger partial charge < -0.3 is 25.4 Å². The zero-order chi connectivity index (χ0) is 32.1. The van der Waals surface area contributed by atoms with Gasteiger partial charge in [0.2, 0.25) is 5.88 Å². The number of nitrogens with zero attached hydrogens (tertiary/aromatic N) is 6. The first-order chi connectivity index (χ1) is 21.3. The lowest BCUT2D eigenvalue weighted by Gasteiger charge is -2.31. The molecule has 1 saturated carbocycles. The first-order valence-electron chi connectivity index (χ1n) is 14.4. The Bertz CT molecular complexity index is 1610. The van der Waals surface area contributed by atoms with Crippen LogP contribution in [0.15, 0.2) is 24.7 Å². The fraction of sp³-hybridized carbons (Fsp3) is 0.536. The molecule has 0 radical (unpaired) electrons. The number of hydrogen-bond donors (Lipinski definition) is 2. The third-order valence-electron chi connectivity index (χ3n) is 8.41. The van der Waals surface area contributed by atoms with Gasteiger partial charge in [0.05, 0.1) is 31.3 Å². The topological polar surface area (TPSA) is 140 Å². The first-order valence-corrected chi connectivity index (χ1v) is 14.4. The number of hydrogen-bond acceptors (Lipinski definition) is 9. The normalized spacial score (nSPS) is 24.0. The molecule has 2 amide bonds. The van der Waals surface area contributed by atoms with Crippen LogP contribution in [-0.2, 0) is 11.3 Å². The standard InChI is InChI=1S/C28H31F5N8O4/c1-44-25-18(24(42)38-20-12-40(11-19(20)29)26(43)45-13-17-8-28(17,32)33)6-15(9-35-25)21-7-16(22-23(34)36-14-37-41(21)22)10-39-4-2-27(30,31)3-5-39/h6-7,9,14,17,19-20H,2-5,8,10-13H2,1H3,(H,38,42)(H2,34,36,37)/t17?,19-,20+/m0/s1. The Hall–Kier alpha value is -4.28. The number of nitrogens with two attached hydrogens (primary N) is 1. The molecule has 0 aromatic carbocycles. The fourth-order valence-corrected chi connectivity index (χ4v) is 5.68. The Balaban J connectivity index is 1.20. The summed E-state index contributed by atoms with van der Waals surface area (Å²) in [6.07, 6.45) is -0.729. The number of methoxy groups -OCH3 is 1. The highest BCUT2D eigenvalue weighted by molar-refractivity contribution is 5.98. The Labute approximate surface area is 253 Å². The molecule has 3 N–H and O–H groups in total. The lowest BCUT2D eigenvalue weighted by Crippen LogP contribution is -2.42. The SMILES string of the molecule is COc1ncc(-c2cc(CN3CCC(F)(F)CC3)c3c(N)ncnn23)cc1C(=O)N[C@@H]1CN(C(=O)OCC2CC2(F)F)C[C@@H]1F. The zero-order valence-corrected chi connectivity index (χ0v) is 24.2. The molecule has 17 heteroatoms. The number of halogens is 5. The van der Waals surface area contributed by atoms with Crippen LogP contribution in [0.3, 0.4) is 0 Å². The fourth-order valence-electron chi connectivity index (χ4n) is 5.68. The molecule has 0 spiro atoms. The van der Waals surface area contributed by atoms with Gasteiger partial charge in [-0.05, 0) is 17.7 Å². The number of piperidine rings is 1. The van der Waals surface area contributed by atoms with Crippen LogP contribution in [0, 0.1) is 5.92 Å². The molecule has 3 aromatic heterocycles. The number of rotatable bonds is 8. The van der Waals surface area contributed by atoms with E-state index in [2.05, 4.69) is 20.4 Å². The summed E-state index contributed by atoms with van der Waals surface area (Å²) >= 11 is 0. The summed E-state index contributed by atoms with van der Waals surface area (Å²) in [5, 5.41) is 6.88. The molecule has 1 unspecified atom stereocenters. The number of nitrogen functional groups attached to an aromatic ring is 1. The van der Waals surface area contributed by atoms with Gasteiger partial charge in [0.15, 0.2) is 5.82 Å². The monoisotopic (exact) mass is 638 g/mol. The number of amides is 2. The van der Waals surface area contributed by atoms with Crippen molar-refractivity contribution in [1.82, 2.24) is 34.7 Å². The van der Waals surface area contributed by atoms with E-state index in [0.29, 0.717) is 28.9 Å². The van der Waals surface area contributed by atoms with Crippen LogP contribution in [0.4, 0.5) is 32.6 Å². The van der Waals surface area contributed by atoms with Crippen LogP contribution in [0.2, 0.25) is 0 Å². The number of aromatic nitrogens is 4. The number of carbonyl (C=O) groups is 2. The van der Waals surface area contributed by atoms with Crippen LogP contribution in [0.1, 0.15) is 35.2 Å². The molecule has 45 heavy (non-hydrogen) atoms. The predicted octanol–water partition coefficient (Wildman–Crippen LogP) is 3.16. The van der Waals surface area contributed by atoms with Crippen LogP contribution in [0.25, 0.3) is 16.8 Å². The van der Waals surface area contributed by atoms with Crippen molar-refractivity contribution < 1.29 is 41.0 Å². The lowest BCUT2D eigenvalue weighted by atomic mass is 10.1.